The molecule has 128 valence electrons. The second-order valence-electron chi connectivity index (χ2n) is 4.87. The molecule has 4 amide bonds. The molecule has 0 aliphatic rings. The van der Waals surface area contributed by atoms with Gasteiger partial charge < -0.3 is 10.6 Å². The summed E-state index contributed by atoms with van der Waals surface area (Å²) in [7, 11) is 0. The van der Waals surface area contributed by atoms with E-state index < -0.39 is 24.7 Å². The molecule has 0 unspecified atom stereocenters. The molecule has 0 atom stereocenters. The average molecular weight is 326 g/mol. The SMILES string of the molecule is CCN(CC(=O)NC(=O)NCC(F)(F)F)CC(=O)NC(C)C. The van der Waals surface area contributed by atoms with Crippen LogP contribution in [0, 0.1) is 0 Å². The van der Waals surface area contributed by atoms with Gasteiger partial charge in [-0.05, 0) is 20.4 Å². The van der Waals surface area contributed by atoms with Crippen LogP contribution in [0.25, 0.3) is 0 Å². The summed E-state index contributed by atoms with van der Waals surface area (Å²) < 4.78 is 35.7. The summed E-state index contributed by atoms with van der Waals surface area (Å²) in [4.78, 5) is 35.6. The van der Waals surface area contributed by atoms with Crippen molar-refractivity contribution < 1.29 is 27.6 Å². The van der Waals surface area contributed by atoms with Gasteiger partial charge in [-0.3, -0.25) is 19.8 Å². The smallest absolute Gasteiger partial charge is 0.353 e. The molecule has 0 radical (unpaired) electrons. The van der Waals surface area contributed by atoms with Crippen LogP contribution in [0.1, 0.15) is 20.8 Å². The van der Waals surface area contributed by atoms with Crippen LogP contribution in [0.15, 0.2) is 0 Å². The Hall–Kier alpha value is -1.84. The van der Waals surface area contributed by atoms with Crippen LogP contribution in [0.5, 0.6) is 0 Å². The van der Waals surface area contributed by atoms with E-state index in [1.54, 1.807) is 26.1 Å². The summed E-state index contributed by atoms with van der Waals surface area (Å²) in [6.07, 6.45) is -4.55. The van der Waals surface area contributed by atoms with Gasteiger partial charge in [-0.2, -0.15) is 13.2 Å². The molecular formula is C12H21F3N4O3. The molecule has 0 aromatic carbocycles. The Kier molecular flexibility index (Phi) is 8.46. The highest BCUT2D eigenvalue weighted by atomic mass is 19.4. The molecule has 0 aliphatic carbocycles. The first-order chi connectivity index (χ1) is 10.0. The van der Waals surface area contributed by atoms with Gasteiger partial charge in [0.05, 0.1) is 13.1 Å². The Morgan fingerprint density at radius 3 is 2.09 bits per heavy atom. The maximum atomic E-state index is 11.9. The van der Waals surface area contributed by atoms with Crippen molar-refractivity contribution in [3.8, 4) is 0 Å². The molecule has 7 nitrogen and oxygen atoms in total. The lowest BCUT2D eigenvalue weighted by Crippen LogP contribution is -2.48. The van der Waals surface area contributed by atoms with Crippen molar-refractivity contribution in [3.63, 3.8) is 0 Å². The lowest BCUT2D eigenvalue weighted by atomic mass is 10.3. The third kappa shape index (κ3) is 10.9. The molecule has 0 rings (SSSR count). The Morgan fingerprint density at radius 2 is 1.64 bits per heavy atom. The summed E-state index contributed by atoms with van der Waals surface area (Å²) in [5, 5.41) is 5.93. The molecule has 0 saturated heterocycles. The van der Waals surface area contributed by atoms with Crippen LogP contribution in [0.4, 0.5) is 18.0 Å². The van der Waals surface area contributed by atoms with E-state index in [0.29, 0.717) is 6.54 Å². The molecular weight excluding hydrogens is 305 g/mol. The molecule has 10 heteroatoms. The summed E-state index contributed by atoms with van der Waals surface area (Å²) in [6, 6.07) is -1.28. The number of rotatable bonds is 7. The second kappa shape index (κ2) is 9.23. The van der Waals surface area contributed by atoms with E-state index >= 15 is 0 Å². The number of urea groups is 1. The van der Waals surface area contributed by atoms with Crippen LogP contribution in [0.2, 0.25) is 0 Å². The number of amides is 4. The Labute approximate surface area is 126 Å². The first kappa shape index (κ1) is 20.2. The van der Waals surface area contributed by atoms with Crippen LogP contribution >= 0.6 is 0 Å². The Balaban J connectivity index is 4.20. The molecule has 3 N–H and O–H groups in total. The minimum absolute atomic E-state index is 0.0480. The summed E-state index contributed by atoms with van der Waals surface area (Å²) in [5.74, 6) is -1.08. The molecule has 22 heavy (non-hydrogen) atoms. The zero-order valence-corrected chi connectivity index (χ0v) is 12.7. The lowest BCUT2D eigenvalue weighted by Gasteiger charge is -2.20. The van der Waals surface area contributed by atoms with Gasteiger partial charge in [0.1, 0.15) is 6.54 Å². The van der Waals surface area contributed by atoms with Crippen LogP contribution in [-0.4, -0.2) is 61.1 Å². The van der Waals surface area contributed by atoms with Gasteiger partial charge in [-0.25, -0.2) is 4.79 Å². The second-order valence-corrected chi connectivity index (χ2v) is 4.87. The van der Waals surface area contributed by atoms with Gasteiger partial charge in [-0.15, -0.1) is 0 Å². The van der Waals surface area contributed by atoms with Crippen molar-refractivity contribution in [3.05, 3.63) is 0 Å². The van der Waals surface area contributed by atoms with E-state index in [0.717, 1.165) is 0 Å². The van der Waals surface area contributed by atoms with Crippen molar-refractivity contribution in [2.45, 2.75) is 33.0 Å². The maximum Gasteiger partial charge on any atom is 0.405 e. The van der Waals surface area contributed by atoms with Crippen molar-refractivity contribution in [2.75, 3.05) is 26.2 Å². The van der Waals surface area contributed by atoms with E-state index in [9.17, 15) is 27.6 Å². The zero-order valence-electron chi connectivity index (χ0n) is 12.7. The van der Waals surface area contributed by atoms with E-state index in [-0.39, 0.29) is 25.0 Å². The van der Waals surface area contributed by atoms with Gasteiger partial charge in [-0.1, -0.05) is 6.92 Å². The third-order valence-corrected chi connectivity index (χ3v) is 2.33. The number of hydrogen-bond acceptors (Lipinski definition) is 4. The molecule has 0 heterocycles. The van der Waals surface area contributed by atoms with Gasteiger partial charge >= 0.3 is 12.2 Å². The molecule has 0 aromatic heterocycles. The first-order valence-corrected chi connectivity index (χ1v) is 6.69. The molecule has 0 bridgehead atoms. The first-order valence-electron chi connectivity index (χ1n) is 6.69. The van der Waals surface area contributed by atoms with Crippen molar-refractivity contribution in [1.82, 2.24) is 20.9 Å². The Bertz CT molecular complexity index is 400. The highest BCUT2D eigenvalue weighted by molar-refractivity contribution is 5.95. The van der Waals surface area contributed by atoms with E-state index in [2.05, 4.69) is 5.32 Å². The summed E-state index contributed by atoms with van der Waals surface area (Å²) in [6.45, 7) is 3.79. The van der Waals surface area contributed by atoms with E-state index in [1.165, 1.54) is 10.2 Å². The fraction of sp³-hybridized carbons (Fsp3) is 0.750. The third-order valence-electron chi connectivity index (χ3n) is 2.33. The predicted molar refractivity (Wildman–Crippen MR) is 73.0 cm³/mol. The number of carbonyl (C=O) groups is 3. The van der Waals surface area contributed by atoms with Crippen molar-refractivity contribution in [2.24, 2.45) is 0 Å². The lowest BCUT2D eigenvalue weighted by molar-refractivity contribution is -0.126. The van der Waals surface area contributed by atoms with E-state index in [1.807, 2.05) is 0 Å². The number of alkyl halides is 3. The average Bonchev–Trinajstić information content (AvgIpc) is 2.33. The van der Waals surface area contributed by atoms with E-state index in [4.69, 9.17) is 0 Å². The number of nitrogens with zero attached hydrogens (tertiary/aromatic N) is 1. The summed E-state index contributed by atoms with van der Waals surface area (Å²) >= 11 is 0. The fourth-order valence-electron chi connectivity index (χ4n) is 1.44. The molecule has 0 spiro atoms. The van der Waals surface area contributed by atoms with Crippen LogP contribution in [-0.2, 0) is 9.59 Å². The molecule has 0 saturated carbocycles. The monoisotopic (exact) mass is 326 g/mol. The van der Waals surface area contributed by atoms with Gasteiger partial charge in [0, 0.05) is 6.04 Å². The Morgan fingerprint density at radius 1 is 1.09 bits per heavy atom. The van der Waals surface area contributed by atoms with Crippen molar-refractivity contribution >= 4 is 17.8 Å². The maximum absolute atomic E-state index is 11.9. The molecule has 0 fully saturated rings. The zero-order chi connectivity index (χ0) is 17.3. The number of halogens is 3. The van der Waals surface area contributed by atoms with Gasteiger partial charge in [0.15, 0.2) is 0 Å². The summed E-state index contributed by atoms with van der Waals surface area (Å²) in [5.41, 5.74) is 0. The minimum atomic E-state index is -4.55. The quantitative estimate of drug-likeness (QED) is 0.624. The molecule has 0 aromatic rings. The van der Waals surface area contributed by atoms with Gasteiger partial charge in [0.25, 0.3) is 0 Å². The van der Waals surface area contributed by atoms with Crippen LogP contribution in [0.3, 0.4) is 0 Å². The van der Waals surface area contributed by atoms with Gasteiger partial charge in [0.2, 0.25) is 11.8 Å². The number of carbonyl (C=O) groups excluding carboxylic acids is 3. The number of hydrogen-bond donors (Lipinski definition) is 3. The number of likely N-dealkylation sites (N-methyl/N-ethyl adjacent to an activating group) is 1. The van der Waals surface area contributed by atoms with Crippen LogP contribution < -0.4 is 16.0 Å². The minimum Gasteiger partial charge on any atom is -0.353 e. The highest BCUT2D eigenvalue weighted by Crippen LogP contribution is 2.11. The standard InChI is InChI=1S/C12H21F3N4O3/c1-4-19(5-9(20)17-8(2)3)6-10(21)18-11(22)16-7-12(13,14)15/h8H,4-7H2,1-3H3,(H,17,20)(H2,16,18,21,22). The predicted octanol–water partition coefficient (Wildman–Crippen LogP) is 0.221. The largest absolute Gasteiger partial charge is 0.405 e. The van der Waals surface area contributed by atoms with Crippen molar-refractivity contribution in [1.29, 1.82) is 0 Å². The molecule has 0 aliphatic heterocycles. The number of imide groups is 1. The topological polar surface area (TPSA) is 90.5 Å². The normalized spacial score (nSPS) is 11.5. The fourth-order valence-corrected chi connectivity index (χ4v) is 1.44. The number of nitrogens with one attached hydrogen (secondary N) is 3. The highest BCUT2D eigenvalue weighted by Gasteiger charge is 2.28.